The molecule has 0 amide bonds. The van der Waals surface area contributed by atoms with E-state index in [-0.39, 0.29) is 0 Å². The fraction of sp³-hybridized carbons (Fsp3) is 0.357. The van der Waals surface area contributed by atoms with Gasteiger partial charge in [-0.15, -0.1) is 11.3 Å². The normalized spacial score (nSPS) is 12.3. The Morgan fingerprint density at radius 3 is 2.72 bits per heavy atom. The SMILES string of the molecule is COc1ccc(CCNC(C)c2nccs2)cc1. The minimum Gasteiger partial charge on any atom is -0.497 e. The van der Waals surface area contributed by atoms with Crippen molar-refractivity contribution in [3.63, 3.8) is 0 Å². The number of rotatable bonds is 6. The van der Waals surface area contributed by atoms with Crippen LogP contribution < -0.4 is 10.1 Å². The number of thiazole rings is 1. The van der Waals surface area contributed by atoms with Crippen molar-refractivity contribution in [1.82, 2.24) is 10.3 Å². The van der Waals surface area contributed by atoms with Crippen LogP contribution in [0.4, 0.5) is 0 Å². The molecule has 96 valence electrons. The number of nitrogens with zero attached hydrogens (tertiary/aromatic N) is 1. The van der Waals surface area contributed by atoms with Gasteiger partial charge < -0.3 is 10.1 Å². The van der Waals surface area contributed by atoms with E-state index in [0.717, 1.165) is 23.7 Å². The van der Waals surface area contributed by atoms with Gasteiger partial charge >= 0.3 is 0 Å². The predicted octanol–water partition coefficient (Wildman–Crippen LogP) is 3.05. The van der Waals surface area contributed by atoms with Crippen molar-refractivity contribution >= 4 is 11.3 Å². The first-order chi connectivity index (χ1) is 8.79. The highest BCUT2D eigenvalue weighted by molar-refractivity contribution is 7.09. The summed E-state index contributed by atoms with van der Waals surface area (Å²) in [6.45, 7) is 3.10. The number of benzene rings is 1. The molecule has 0 aliphatic rings. The van der Waals surface area contributed by atoms with Gasteiger partial charge in [0.15, 0.2) is 0 Å². The first kappa shape index (κ1) is 13.1. The molecule has 0 bridgehead atoms. The van der Waals surface area contributed by atoms with E-state index in [0.29, 0.717) is 6.04 Å². The Labute approximate surface area is 112 Å². The minimum absolute atomic E-state index is 0.322. The second-order valence-corrected chi connectivity index (χ2v) is 5.07. The maximum Gasteiger partial charge on any atom is 0.118 e. The number of hydrogen-bond acceptors (Lipinski definition) is 4. The molecule has 3 nitrogen and oxygen atoms in total. The van der Waals surface area contributed by atoms with E-state index in [2.05, 4.69) is 29.4 Å². The van der Waals surface area contributed by atoms with Crippen molar-refractivity contribution in [2.45, 2.75) is 19.4 Å². The van der Waals surface area contributed by atoms with Gasteiger partial charge in [-0.3, -0.25) is 0 Å². The maximum absolute atomic E-state index is 5.14. The van der Waals surface area contributed by atoms with Crippen molar-refractivity contribution in [2.24, 2.45) is 0 Å². The van der Waals surface area contributed by atoms with Gasteiger partial charge in [0.05, 0.1) is 13.2 Å². The zero-order chi connectivity index (χ0) is 12.8. The van der Waals surface area contributed by atoms with Crippen LogP contribution in [0.25, 0.3) is 0 Å². The van der Waals surface area contributed by atoms with Gasteiger partial charge in [-0.05, 0) is 37.6 Å². The lowest BCUT2D eigenvalue weighted by molar-refractivity contribution is 0.414. The van der Waals surface area contributed by atoms with Crippen LogP contribution >= 0.6 is 11.3 Å². The largest absolute Gasteiger partial charge is 0.497 e. The second kappa shape index (κ2) is 6.52. The zero-order valence-electron chi connectivity index (χ0n) is 10.7. The third kappa shape index (κ3) is 3.55. The smallest absolute Gasteiger partial charge is 0.118 e. The third-order valence-electron chi connectivity index (χ3n) is 2.85. The van der Waals surface area contributed by atoms with Gasteiger partial charge in [-0.1, -0.05) is 12.1 Å². The fourth-order valence-electron chi connectivity index (χ4n) is 1.76. The van der Waals surface area contributed by atoms with Crippen molar-refractivity contribution < 1.29 is 4.74 Å². The zero-order valence-corrected chi connectivity index (χ0v) is 11.5. The predicted molar refractivity (Wildman–Crippen MR) is 75.2 cm³/mol. The van der Waals surface area contributed by atoms with Crippen molar-refractivity contribution in [3.05, 3.63) is 46.4 Å². The number of methoxy groups -OCH3 is 1. The van der Waals surface area contributed by atoms with Crippen LogP contribution in [-0.2, 0) is 6.42 Å². The molecular weight excluding hydrogens is 244 g/mol. The molecule has 0 fully saturated rings. The standard InChI is InChI=1S/C14H18N2OS/c1-11(14-16-9-10-18-14)15-8-7-12-3-5-13(17-2)6-4-12/h3-6,9-11,15H,7-8H2,1-2H3. The monoisotopic (exact) mass is 262 g/mol. The first-order valence-corrected chi connectivity index (χ1v) is 6.93. The Hall–Kier alpha value is -1.39. The molecule has 1 atom stereocenters. The average molecular weight is 262 g/mol. The van der Waals surface area contributed by atoms with E-state index in [1.807, 2.05) is 23.7 Å². The van der Waals surface area contributed by atoms with Gasteiger partial charge in [0.2, 0.25) is 0 Å². The molecule has 0 aliphatic heterocycles. The molecule has 1 aromatic heterocycles. The number of hydrogen-bond donors (Lipinski definition) is 1. The topological polar surface area (TPSA) is 34.1 Å². The van der Waals surface area contributed by atoms with E-state index < -0.39 is 0 Å². The molecule has 4 heteroatoms. The Morgan fingerprint density at radius 1 is 1.33 bits per heavy atom. The minimum atomic E-state index is 0.322. The Kier molecular flexibility index (Phi) is 4.73. The Morgan fingerprint density at radius 2 is 2.11 bits per heavy atom. The molecule has 0 radical (unpaired) electrons. The van der Waals surface area contributed by atoms with Crippen LogP contribution in [-0.4, -0.2) is 18.6 Å². The Bertz CT molecular complexity index is 453. The summed E-state index contributed by atoms with van der Waals surface area (Å²) in [5, 5.41) is 6.63. The molecular formula is C14H18N2OS. The lowest BCUT2D eigenvalue weighted by atomic mass is 10.1. The van der Waals surface area contributed by atoms with Gasteiger partial charge in [0, 0.05) is 11.6 Å². The van der Waals surface area contributed by atoms with Crippen LogP contribution in [0, 0.1) is 0 Å². The lowest BCUT2D eigenvalue weighted by Gasteiger charge is -2.11. The molecule has 2 rings (SSSR count). The molecule has 1 heterocycles. The van der Waals surface area contributed by atoms with E-state index in [4.69, 9.17) is 4.74 Å². The van der Waals surface area contributed by atoms with Crippen LogP contribution in [0.15, 0.2) is 35.8 Å². The van der Waals surface area contributed by atoms with Gasteiger partial charge in [-0.25, -0.2) is 4.98 Å². The summed E-state index contributed by atoms with van der Waals surface area (Å²) in [4.78, 5) is 4.30. The molecule has 0 aliphatic carbocycles. The highest BCUT2D eigenvalue weighted by Crippen LogP contribution is 2.15. The molecule has 2 aromatic rings. The number of ether oxygens (including phenoxy) is 1. The fourth-order valence-corrected chi connectivity index (χ4v) is 2.43. The molecule has 0 saturated carbocycles. The summed E-state index contributed by atoms with van der Waals surface area (Å²) in [6.07, 6.45) is 2.86. The lowest BCUT2D eigenvalue weighted by Crippen LogP contribution is -2.21. The molecule has 18 heavy (non-hydrogen) atoms. The first-order valence-electron chi connectivity index (χ1n) is 6.05. The molecule has 0 spiro atoms. The van der Waals surface area contributed by atoms with Gasteiger partial charge in [0.1, 0.15) is 10.8 Å². The van der Waals surface area contributed by atoms with E-state index in [1.165, 1.54) is 5.56 Å². The van der Waals surface area contributed by atoms with Gasteiger partial charge in [0.25, 0.3) is 0 Å². The summed E-state index contributed by atoms with van der Waals surface area (Å²) in [7, 11) is 1.69. The van der Waals surface area contributed by atoms with Crippen molar-refractivity contribution in [3.8, 4) is 5.75 Å². The highest BCUT2D eigenvalue weighted by Gasteiger charge is 2.06. The van der Waals surface area contributed by atoms with Crippen LogP contribution in [0.5, 0.6) is 5.75 Å². The molecule has 1 N–H and O–H groups in total. The molecule has 0 saturated heterocycles. The number of nitrogens with one attached hydrogen (secondary N) is 1. The third-order valence-corrected chi connectivity index (χ3v) is 3.80. The van der Waals surface area contributed by atoms with E-state index in [1.54, 1.807) is 18.4 Å². The van der Waals surface area contributed by atoms with Crippen LogP contribution in [0.2, 0.25) is 0 Å². The summed E-state index contributed by atoms with van der Waals surface area (Å²) in [6, 6.07) is 8.53. The average Bonchev–Trinajstić information content (AvgIpc) is 2.93. The summed E-state index contributed by atoms with van der Waals surface area (Å²) in [5.41, 5.74) is 1.31. The Balaban J connectivity index is 1.77. The highest BCUT2D eigenvalue weighted by atomic mass is 32.1. The summed E-state index contributed by atoms with van der Waals surface area (Å²) in [5.74, 6) is 0.905. The maximum atomic E-state index is 5.14. The van der Waals surface area contributed by atoms with Crippen molar-refractivity contribution in [2.75, 3.05) is 13.7 Å². The van der Waals surface area contributed by atoms with E-state index >= 15 is 0 Å². The van der Waals surface area contributed by atoms with Crippen LogP contribution in [0.3, 0.4) is 0 Å². The summed E-state index contributed by atoms with van der Waals surface area (Å²) >= 11 is 1.69. The summed E-state index contributed by atoms with van der Waals surface area (Å²) < 4.78 is 5.14. The van der Waals surface area contributed by atoms with Crippen molar-refractivity contribution in [1.29, 1.82) is 0 Å². The molecule has 1 unspecified atom stereocenters. The van der Waals surface area contributed by atoms with Gasteiger partial charge in [-0.2, -0.15) is 0 Å². The van der Waals surface area contributed by atoms with Crippen LogP contribution in [0.1, 0.15) is 23.5 Å². The quantitative estimate of drug-likeness (QED) is 0.869. The molecule has 1 aromatic carbocycles. The number of aromatic nitrogens is 1. The van der Waals surface area contributed by atoms with E-state index in [9.17, 15) is 0 Å². The second-order valence-electron chi connectivity index (χ2n) is 4.14.